The van der Waals surface area contributed by atoms with Gasteiger partial charge in [0.15, 0.2) is 4.77 Å². The first-order valence-corrected chi connectivity index (χ1v) is 7.04. The molecule has 0 aliphatic heterocycles. The van der Waals surface area contributed by atoms with Gasteiger partial charge in [-0.1, -0.05) is 15.9 Å². The minimum atomic E-state index is -0.341. The predicted molar refractivity (Wildman–Crippen MR) is 82.7 cm³/mol. The number of ether oxygens (including phenoxy) is 1. The number of aromatic amines is 1. The fraction of sp³-hybridized carbons (Fsp3) is 0.0714. The van der Waals surface area contributed by atoms with Crippen LogP contribution >= 0.6 is 28.1 Å². The molecule has 0 radical (unpaired) electrons. The van der Waals surface area contributed by atoms with Crippen LogP contribution in [-0.2, 0) is 0 Å². The lowest BCUT2D eigenvalue weighted by molar-refractivity contribution is 0.415. The Balaban J connectivity index is 2.31. The standard InChI is InChI=1S/C14H10BrFN2OS/c1-19-9-3-5-13-11(7-9)17-14(20)18(13)12-4-2-8(15)6-10(12)16/h2-7H,1H3,(H,17,20). The molecule has 0 bridgehead atoms. The molecule has 1 heterocycles. The number of hydrogen-bond acceptors (Lipinski definition) is 2. The Kier molecular flexibility index (Phi) is 3.35. The first-order valence-electron chi connectivity index (χ1n) is 5.84. The van der Waals surface area contributed by atoms with E-state index < -0.39 is 0 Å². The zero-order chi connectivity index (χ0) is 14.3. The molecule has 0 aliphatic carbocycles. The second-order valence-electron chi connectivity index (χ2n) is 4.24. The van der Waals surface area contributed by atoms with E-state index in [2.05, 4.69) is 20.9 Å². The van der Waals surface area contributed by atoms with Gasteiger partial charge in [-0.2, -0.15) is 0 Å². The molecule has 2 aromatic carbocycles. The highest BCUT2D eigenvalue weighted by atomic mass is 79.9. The summed E-state index contributed by atoms with van der Waals surface area (Å²) in [5.74, 6) is 0.379. The number of methoxy groups -OCH3 is 1. The van der Waals surface area contributed by atoms with Crippen molar-refractivity contribution in [2.75, 3.05) is 7.11 Å². The van der Waals surface area contributed by atoms with E-state index in [4.69, 9.17) is 17.0 Å². The van der Waals surface area contributed by atoms with E-state index in [1.807, 2.05) is 18.2 Å². The third-order valence-electron chi connectivity index (χ3n) is 3.04. The van der Waals surface area contributed by atoms with Crippen molar-refractivity contribution in [3.8, 4) is 11.4 Å². The van der Waals surface area contributed by atoms with Crippen LogP contribution in [0.2, 0.25) is 0 Å². The van der Waals surface area contributed by atoms with Gasteiger partial charge in [0.2, 0.25) is 0 Å². The highest BCUT2D eigenvalue weighted by molar-refractivity contribution is 9.10. The van der Waals surface area contributed by atoms with Crippen LogP contribution in [0, 0.1) is 10.6 Å². The van der Waals surface area contributed by atoms with E-state index in [1.54, 1.807) is 23.8 Å². The number of nitrogens with zero attached hydrogens (tertiary/aromatic N) is 1. The Morgan fingerprint density at radius 3 is 2.75 bits per heavy atom. The molecule has 0 amide bonds. The summed E-state index contributed by atoms with van der Waals surface area (Å²) in [4.78, 5) is 3.06. The van der Waals surface area contributed by atoms with Crippen molar-refractivity contribution in [1.29, 1.82) is 0 Å². The van der Waals surface area contributed by atoms with E-state index >= 15 is 0 Å². The Bertz CT molecular complexity index is 856. The quantitative estimate of drug-likeness (QED) is 0.683. The van der Waals surface area contributed by atoms with Crippen molar-refractivity contribution < 1.29 is 9.13 Å². The lowest BCUT2D eigenvalue weighted by Crippen LogP contribution is -1.97. The highest BCUT2D eigenvalue weighted by Crippen LogP contribution is 2.26. The molecule has 102 valence electrons. The van der Waals surface area contributed by atoms with E-state index in [-0.39, 0.29) is 5.82 Å². The molecule has 0 aliphatic rings. The SMILES string of the molecule is COc1ccc2c(c1)[nH]c(=S)n2-c1ccc(Br)cc1F. The smallest absolute Gasteiger partial charge is 0.182 e. The average molecular weight is 353 g/mol. The zero-order valence-electron chi connectivity index (χ0n) is 10.5. The molecule has 3 rings (SSSR count). The fourth-order valence-electron chi connectivity index (χ4n) is 2.12. The number of benzene rings is 2. The van der Waals surface area contributed by atoms with E-state index in [0.29, 0.717) is 14.9 Å². The van der Waals surface area contributed by atoms with Gasteiger partial charge in [-0.3, -0.25) is 4.57 Å². The maximum atomic E-state index is 14.1. The van der Waals surface area contributed by atoms with Crippen LogP contribution < -0.4 is 4.74 Å². The molecule has 0 unspecified atom stereocenters. The minimum absolute atomic E-state index is 0.341. The van der Waals surface area contributed by atoms with E-state index in [9.17, 15) is 4.39 Å². The summed E-state index contributed by atoms with van der Waals surface area (Å²) in [5.41, 5.74) is 2.02. The van der Waals surface area contributed by atoms with Gasteiger partial charge in [0.1, 0.15) is 11.6 Å². The molecule has 1 N–H and O–H groups in total. The number of aromatic nitrogens is 2. The van der Waals surface area contributed by atoms with Crippen LogP contribution in [0.5, 0.6) is 5.75 Å². The van der Waals surface area contributed by atoms with Gasteiger partial charge in [-0.25, -0.2) is 4.39 Å². The number of imidazole rings is 1. The van der Waals surface area contributed by atoms with Crippen molar-refractivity contribution in [3.05, 3.63) is 51.5 Å². The van der Waals surface area contributed by atoms with Crippen LogP contribution in [0.15, 0.2) is 40.9 Å². The lowest BCUT2D eigenvalue weighted by Gasteiger charge is -2.07. The Labute approximate surface area is 128 Å². The first kappa shape index (κ1) is 13.3. The van der Waals surface area contributed by atoms with Crippen molar-refractivity contribution >= 4 is 39.2 Å². The molecule has 0 atom stereocenters. The number of halogens is 2. The summed E-state index contributed by atoms with van der Waals surface area (Å²) >= 11 is 8.54. The molecule has 0 spiro atoms. The highest BCUT2D eigenvalue weighted by Gasteiger charge is 2.11. The fourth-order valence-corrected chi connectivity index (χ4v) is 2.76. The molecule has 20 heavy (non-hydrogen) atoms. The second-order valence-corrected chi connectivity index (χ2v) is 5.55. The van der Waals surface area contributed by atoms with Gasteiger partial charge in [0, 0.05) is 10.5 Å². The summed E-state index contributed by atoms with van der Waals surface area (Å²) in [5, 5.41) is 0. The summed E-state index contributed by atoms with van der Waals surface area (Å²) in [6, 6.07) is 10.4. The maximum Gasteiger partial charge on any atom is 0.182 e. The summed E-state index contributed by atoms with van der Waals surface area (Å²) in [6.45, 7) is 0. The Hall–Kier alpha value is -1.66. The molecule has 3 aromatic rings. The van der Waals surface area contributed by atoms with Crippen LogP contribution in [0.1, 0.15) is 0 Å². The lowest BCUT2D eigenvalue weighted by atomic mass is 10.2. The molecule has 0 fully saturated rings. The maximum absolute atomic E-state index is 14.1. The van der Waals surface area contributed by atoms with Crippen LogP contribution in [0.25, 0.3) is 16.7 Å². The molecule has 6 heteroatoms. The second kappa shape index (κ2) is 5.03. The molecule has 0 saturated carbocycles. The molecule has 1 aromatic heterocycles. The van der Waals surface area contributed by atoms with Gasteiger partial charge in [-0.05, 0) is 42.5 Å². The topological polar surface area (TPSA) is 29.9 Å². The Morgan fingerprint density at radius 2 is 2.05 bits per heavy atom. The molecule has 0 saturated heterocycles. The van der Waals surface area contributed by atoms with Gasteiger partial charge in [0.25, 0.3) is 0 Å². The number of nitrogens with one attached hydrogen (secondary N) is 1. The monoisotopic (exact) mass is 352 g/mol. The molecule has 3 nitrogen and oxygen atoms in total. The third-order valence-corrected chi connectivity index (χ3v) is 3.82. The number of H-pyrrole nitrogens is 1. The molecular weight excluding hydrogens is 343 g/mol. The Morgan fingerprint density at radius 1 is 1.25 bits per heavy atom. The van der Waals surface area contributed by atoms with Crippen LogP contribution in [0.4, 0.5) is 4.39 Å². The van der Waals surface area contributed by atoms with Crippen LogP contribution in [0.3, 0.4) is 0 Å². The van der Waals surface area contributed by atoms with Gasteiger partial charge >= 0.3 is 0 Å². The van der Waals surface area contributed by atoms with Gasteiger partial charge in [0.05, 0.1) is 23.8 Å². The van der Waals surface area contributed by atoms with Gasteiger partial charge < -0.3 is 9.72 Å². The first-order chi connectivity index (χ1) is 9.60. The van der Waals surface area contributed by atoms with Crippen molar-refractivity contribution in [3.63, 3.8) is 0 Å². The number of fused-ring (bicyclic) bond motifs is 1. The van der Waals surface area contributed by atoms with Crippen molar-refractivity contribution in [2.45, 2.75) is 0 Å². The average Bonchev–Trinajstić information content (AvgIpc) is 2.74. The van der Waals surface area contributed by atoms with E-state index in [0.717, 1.165) is 16.8 Å². The third kappa shape index (κ3) is 2.14. The normalized spacial score (nSPS) is 10.9. The van der Waals surface area contributed by atoms with Crippen molar-refractivity contribution in [1.82, 2.24) is 9.55 Å². The predicted octanol–water partition coefficient (Wildman–Crippen LogP) is 4.60. The number of rotatable bonds is 2. The summed E-state index contributed by atoms with van der Waals surface area (Å²) in [6.07, 6.45) is 0. The van der Waals surface area contributed by atoms with Gasteiger partial charge in [-0.15, -0.1) is 0 Å². The van der Waals surface area contributed by atoms with Crippen molar-refractivity contribution in [2.24, 2.45) is 0 Å². The number of hydrogen-bond donors (Lipinski definition) is 1. The molecular formula is C14H10BrFN2OS. The summed E-state index contributed by atoms with van der Waals surface area (Å²) in [7, 11) is 1.60. The zero-order valence-corrected chi connectivity index (χ0v) is 12.9. The van der Waals surface area contributed by atoms with Crippen LogP contribution in [-0.4, -0.2) is 16.7 Å². The van der Waals surface area contributed by atoms with E-state index in [1.165, 1.54) is 6.07 Å². The largest absolute Gasteiger partial charge is 0.497 e. The minimum Gasteiger partial charge on any atom is -0.497 e. The summed E-state index contributed by atoms with van der Waals surface area (Å²) < 4.78 is 22.1.